The Morgan fingerprint density at radius 2 is 2.24 bits per heavy atom. The molecule has 1 atom stereocenters. The van der Waals surface area contributed by atoms with Crippen molar-refractivity contribution in [2.45, 2.75) is 31.7 Å². The Morgan fingerprint density at radius 3 is 2.95 bits per heavy atom. The molecule has 1 heterocycles. The van der Waals surface area contributed by atoms with E-state index in [0.717, 1.165) is 32.2 Å². The fourth-order valence-electron chi connectivity index (χ4n) is 2.37. The number of nitrogens with one attached hydrogen (secondary N) is 2. The van der Waals surface area contributed by atoms with Gasteiger partial charge in [0.2, 0.25) is 5.91 Å². The molecule has 1 aromatic carbocycles. The lowest BCUT2D eigenvalue weighted by Crippen LogP contribution is -2.39. The average Bonchev–Trinajstić information content (AvgIpc) is 2.76. The lowest BCUT2D eigenvalue weighted by Gasteiger charge is -2.16. The van der Waals surface area contributed by atoms with Crippen LogP contribution in [0, 0.1) is 10.1 Å². The maximum absolute atomic E-state index is 12.2. The van der Waals surface area contributed by atoms with Crippen LogP contribution in [0.2, 0.25) is 0 Å². The molecule has 0 saturated carbocycles. The zero-order valence-corrected chi connectivity index (χ0v) is 11.9. The Bertz CT molecular complexity index is 525. The van der Waals surface area contributed by atoms with E-state index in [4.69, 9.17) is 4.74 Å². The van der Waals surface area contributed by atoms with Crippen molar-refractivity contribution in [3.8, 4) is 5.75 Å². The third-order valence-electron chi connectivity index (χ3n) is 3.53. The topological polar surface area (TPSA) is 93.5 Å². The molecule has 2 rings (SSSR count). The predicted octanol–water partition coefficient (Wildman–Crippen LogP) is 2.07. The van der Waals surface area contributed by atoms with E-state index in [2.05, 4.69) is 10.6 Å². The molecular formula is C14H19N3O4. The van der Waals surface area contributed by atoms with Gasteiger partial charge < -0.3 is 15.4 Å². The molecule has 1 aliphatic rings. The molecule has 1 aromatic rings. The van der Waals surface area contributed by atoms with Gasteiger partial charge in [0.05, 0.1) is 29.8 Å². The molecule has 0 aromatic heterocycles. The minimum atomic E-state index is -0.499. The first-order valence-electron chi connectivity index (χ1n) is 6.98. The number of non-ortho nitro benzene ring substituents is 1. The zero-order valence-electron chi connectivity index (χ0n) is 11.9. The Morgan fingerprint density at radius 1 is 1.43 bits per heavy atom. The first kappa shape index (κ1) is 15.2. The van der Waals surface area contributed by atoms with Gasteiger partial charge in [-0.05, 0) is 25.5 Å². The molecular weight excluding hydrogens is 274 g/mol. The van der Waals surface area contributed by atoms with E-state index >= 15 is 0 Å². The smallest absolute Gasteiger partial charge is 0.273 e. The molecule has 7 heteroatoms. The van der Waals surface area contributed by atoms with Gasteiger partial charge in [-0.25, -0.2) is 0 Å². The van der Waals surface area contributed by atoms with E-state index in [1.807, 2.05) is 0 Å². The van der Waals surface area contributed by atoms with Gasteiger partial charge in [-0.3, -0.25) is 14.9 Å². The van der Waals surface area contributed by atoms with E-state index in [0.29, 0.717) is 5.69 Å². The summed E-state index contributed by atoms with van der Waals surface area (Å²) in [5.74, 6) is 0.148. The Hall–Kier alpha value is -2.15. The number of ether oxygens (including phenoxy) is 1. The van der Waals surface area contributed by atoms with Crippen LogP contribution in [-0.4, -0.2) is 30.5 Å². The van der Waals surface area contributed by atoms with Crippen molar-refractivity contribution < 1.29 is 14.5 Å². The van der Waals surface area contributed by atoms with Gasteiger partial charge in [0, 0.05) is 6.07 Å². The van der Waals surface area contributed by atoms with Crippen molar-refractivity contribution in [2.24, 2.45) is 0 Å². The highest BCUT2D eigenvalue weighted by Crippen LogP contribution is 2.29. The molecule has 1 amide bonds. The fourth-order valence-corrected chi connectivity index (χ4v) is 2.37. The number of anilines is 1. The molecule has 0 spiro atoms. The van der Waals surface area contributed by atoms with Crippen molar-refractivity contribution in [3.05, 3.63) is 28.3 Å². The summed E-state index contributed by atoms with van der Waals surface area (Å²) >= 11 is 0. The van der Waals surface area contributed by atoms with Crippen LogP contribution in [0.1, 0.15) is 25.7 Å². The van der Waals surface area contributed by atoms with Crippen LogP contribution in [0.15, 0.2) is 18.2 Å². The van der Waals surface area contributed by atoms with Crippen molar-refractivity contribution in [1.82, 2.24) is 5.32 Å². The van der Waals surface area contributed by atoms with Gasteiger partial charge in [0.25, 0.3) is 5.69 Å². The van der Waals surface area contributed by atoms with Gasteiger partial charge in [-0.15, -0.1) is 0 Å². The molecule has 0 radical (unpaired) electrons. The molecule has 0 bridgehead atoms. The molecule has 114 valence electrons. The van der Waals surface area contributed by atoms with E-state index in [9.17, 15) is 14.9 Å². The third-order valence-corrected chi connectivity index (χ3v) is 3.53. The SMILES string of the molecule is COc1cc([N+](=O)[O-])ccc1NC(=O)C1CCCCCN1. The Labute approximate surface area is 122 Å². The van der Waals surface area contributed by atoms with Gasteiger partial charge in [0.1, 0.15) is 5.75 Å². The molecule has 1 unspecified atom stereocenters. The summed E-state index contributed by atoms with van der Waals surface area (Å²) in [6.07, 6.45) is 4.01. The van der Waals surface area contributed by atoms with Crippen LogP contribution in [0.3, 0.4) is 0 Å². The number of amides is 1. The van der Waals surface area contributed by atoms with Crippen molar-refractivity contribution in [2.75, 3.05) is 19.0 Å². The normalized spacial score (nSPS) is 18.6. The summed E-state index contributed by atoms with van der Waals surface area (Å²) in [5, 5.41) is 16.7. The number of carbonyl (C=O) groups excluding carboxylic acids is 1. The quantitative estimate of drug-likeness (QED) is 0.654. The van der Waals surface area contributed by atoms with E-state index in [-0.39, 0.29) is 23.4 Å². The maximum Gasteiger partial charge on any atom is 0.273 e. The summed E-state index contributed by atoms with van der Waals surface area (Å²) < 4.78 is 5.11. The summed E-state index contributed by atoms with van der Waals surface area (Å²) in [7, 11) is 1.42. The summed E-state index contributed by atoms with van der Waals surface area (Å²) in [5.41, 5.74) is 0.372. The average molecular weight is 293 g/mol. The standard InChI is InChI=1S/C14H19N3O4/c1-21-13-9-10(17(19)20)6-7-11(13)16-14(18)12-5-3-2-4-8-15-12/h6-7,9,12,15H,2-5,8H2,1H3,(H,16,18). The minimum Gasteiger partial charge on any atom is -0.494 e. The summed E-state index contributed by atoms with van der Waals surface area (Å²) in [4.78, 5) is 22.5. The Kier molecular flexibility index (Phi) is 5.10. The number of methoxy groups -OCH3 is 1. The lowest BCUT2D eigenvalue weighted by molar-refractivity contribution is -0.384. The highest BCUT2D eigenvalue weighted by atomic mass is 16.6. The number of nitro groups is 1. The summed E-state index contributed by atoms with van der Waals surface area (Å²) in [6.45, 7) is 0.829. The van der Waals surface area contributed by atoms with Crippen LogP contribution in [-0.2, 0) is 4.79 Å². The zero-order chi connectivity index (χ0) is 15.2. The molecule has 1 fully saturated rings. The second kappa shape index (κ2) is 7.03. The first-order valence-corrected chi connectivity index (χ1v) is 6.98. The molecule has 1 saturated heterocycles. The maximum atomic E-state index is 12.2. The molecule has 1 aliphatic heterocycles. The van der Waals surface area contributed by atoms with Crippen LogP contribution >= 0.6 is 0 Å². The van der Waals surface area contributed by atoms with Crippen molar-refractivity contribution in [1.29, 1.82) is 0 Å². The molecule has 2 N–H and O–H groups in total. The second-order valence-electron chi connectivity index (χ2n) is 4.99. The fraction of sp³-hybridized carbons (Fsp3) is 0.500. The monoisotopic (exact) mass is 293 g/mol. The predicted molar refractivity (Wildman–Crippen MR) is 78.5 cm³/mol. The highest BCUT2D eigenvalue weighted by molar-refractivity contribution is 5.96. The molecule has 7 nitrogen and oxygen atoms in total. The second-order valence-corrected chi connectivity index (χ2v) is 4.99. The number of hydrogen-bond donors (Lipinski definition) is 2. The number of nitro benzene ring substituents is 1. The third kappa shape index (κ3) is 3.91. The van der Waals surface area contributed by atoms with Crippen LogP contribution in [0.4, 0.5) is 11.4 Å². The summed E-state index contributed by atoms with van der Waals surface area (Å²) in [6, 6.07) is 3.91. The lowest BCUT2D eigenvalue weighted by atomic mass is 10.1. The number of carbonyl (C=O) groups is 1. The molecule has 0 aliphatic carbocycles. The van der Waals surface area contributed by atoms with Gasteiger partial charge in [-0.1, -0.05) is 12.8 Å². The van der Waals surface area contributed by atoms with Crippen molar-refractivity contribution >= 4 is 17.3 Å². The van der Waals surface area contributed by atoms with E-state index in [1.165, 1.54) is 25.3 Å². The van der Waals surface area contributed by atoms with Crippen LogP contribution < -0.4 is 15.4 Å². The van der Waals surface area contributed by atoms with Gasteiger partial charge >= 0.3 is 0 Å². The number of benzene rings is 1. The van der Waals surface area contributed by atoms with Crippen molar-refractivity contribution in [3.63, 3.8) is 0 Å². The van der Waals surface area contributed by atoms with Gasteiger partial charge in [0.15, 0.2) is 0 Å². The highest BCUT2D eigenvalue weighted by Gasteiger charge is 2.21. The number of hydrogen-bond acceptors (Lipinski definition) is 5. The Balaban J connectivity index is 2.10. The largest absolute Gasteiger partial charge is 0.494 e. The minimum absolute atomic E-state index is 0.0718. The first-order chi connectivity index (χ1) is 10.1. The number of rotatable bonds is 4. The van der Waals surface area contributed by atoms with E-state index < -0.39 is 4.92 Å². The van der Waals surface area contributed by atoms with Crippen LogP contribution in [0.25, 0.3) is 0 Å². The molecule has 21 heavy (non-hydrogen) atoms. The van der Waals surface area contributed by atoms with E-state index in [1.54, 1.807) is 0 Å². The van der Waals surface area contributed by atoms with Crippen LogP contribution in [0.5, 0.6) is 5.75 Å². The van der Waals surface area contributed by atoms with Gasteiger partial charge in [-0.2, -0.15) is 0 Å². The number of nitrogens with zero attached hydrogens (tertiary/aromatic N) is 1.